The van der Waals surface area contributed by atoms with Gasteiger partial charge in [0.1, 0.15) is 6.61 Å². The topological polar surface area (TPSA) is 44.5 Å². The van der Waals surface area contributed by atoms with Gasteiger partial charge < -0.3 is 9.47 Å². The van der Waals surface area contributed by atoms with Crippen LogP contribution in [0.15, 0.2) is 61.2 Å². The van der Waals surface area contributed by atoms with Crippen LogP contribution in [0.1, 0.15) is 23.1 Å². The van der Waals surface area contributed by atoms with Gasteiger partial charge in [-0.25, -0.2) is 4.68 Å². The largest absolute Gasteiger partial charge is 0.485 e. The number of para-hydroxylation sites is 2. The van der Waals surface area contributed by atoms with E-state index in [4.69, 9.17) is 26.8 Å². The summed E-state index contributed by atoms with van der Waals surface area (Å²) >= 11 is 5.76. The zero-order chi connectivity index (χ0) is 20.5. The lowest BCUT2D eigenvalue weighted by Gasteiger charge is -2.28. The highest BCUT2D eigenvalue weighted by Crippen LogP contribution is 2.35. The number of aromatic nitrogens is 3. The van der Waals surface area contributed by atoms with E-state index in [-0.39, 0.29) is 6.10 Å². The number of rotatable bonds is 5. The van der Waals surface area contributed by atoms with Gasteiger partial charge in [0.25, 0.3) is 0 Å². The number of hydrogen-bond donors (Lipinski definition) is 0. The lowest BCUT2D eigenvalue weighted by Crippen LogP contribution is -2.32. The fourth-order valence-corrected chi connectivity index (χ4v) is 4.37. The summed E-state index contributed by atoms with van der Waals surface area (Å²) in [5.74, 6) is 2.26. The van der Waals surface area contributed by atoms with E-state index in [9.17, 15) is 0 Å². The van der Waals surface area contributed by atoms with Crippen molar-refractivity contribution in [3.8, 4) is 11.5 Å². The SMILES string of the molecule is C=CCn1c([C@H]2COc3ccccc3O2)nn(CN2CCc3ccccc3C2)c1=S. The number of hydrogen-bond acceptors (Lipinski definition) is 5. The Morgan fingerprint density at radius 1 is 1.10 bits per heavy atom. The third kappa shape index (κ3) is 3.55. The molecule has 0 saturated heterocycles. The van der Waals surface area contributed by atoms with Crippen LogP contribution in [0.25, 0.3) is 0 Å². The molecule has 0 fully saturated rings. The third-order valence-electron chi connectivity index (χ3n) is 5.60. The molecule has 2 aliphatic heterocycles. The van der Waals surface area contributed by atoms with Crippen LogP contribution >= 0.6 is 12.2 Å². The Kier molecular flexibility index (Phi) is 5.14. The molecule has 1 atom stereocenters. The summed E-state index contributed by atoms with van der Waals surface area (Å²) in [4.78, 5) is 2.38. The molecule has 0 saturated carbocycles. The molecule has 0 unspecified atom stereocenters. The second-order valence-electron chi connectivity index (χ2n) is 7.62. The van der Waals surface area contributed by atoms with Gasteiger partial charge in [0.2, 0.25) is 0 Å². The van der Waals surface area contributed by atoms with Crippen LogP contribution in [0.5, 0.6) is 11.5 Å². The van der Waals surface area contributed by atoms with Gasteiger partial charge in [-0.15, -0.1) is 6.58 Å². The monoisotopic (exact) mass is 420 g/mol. The molecule has 2 aliphatic rings. The molecule has 0 bridgehead atoms. The summed E-state index contributed by atoms with van der Waals surface area (Å²) in [5, 5.41) is 4.86. The Labute approximate surface area is 181 Å². The van der Waals surface area contributed by atoms with Crippen LogP contribution in [0, 0.1) is 4.77 Å². The third-order valence-corrected chi connectivity index (χ3v) is 6.03. The molecule has 0 N–H and O–H groups in total. The molecule has 3 heterocycles. The maximum absolute atomic E-state index is 6.19. The Bertz CT molecular complexity index is 1140. The Hall–Kier alpha value is -2.90. The van der Waals surface area contributed by atoms with E-state index < -0.39 is 0 Å². The Balaban J connectivity index is 1.41. The van der Waals surface area contributed by atoms with Crippen molar-refractivity contribution in [2.75, 3.05) is 13.2 Å². The molecular weight excluding hydrogens is 396 g/mol. The van der Waals surface area contributed by atoms with Gasteiger partial charge in [-0.05, 0) is 41.9 Å². The minimum Gasteiger partial charge on any atom is -0.485 e. The summed E-state index contributed by atoms with van der Waals surface area (Å²) < 4.78 is 16.7. The van der Waals surface area contributed by atoms with Gasteiger partial charge in [-0.1, -0.05) is 42.5 Å². The highest BCUT2D eigenvalue weighted by molar-refractivity contribution is 7.71. The summed E-state index contributed by atoms with van der Waals surface area (Å²) in [5.41, 5.74) is 2.81. The van der Waals surface area contributed by atoms with E-state index in [0.29, 0.717) is 24.6 Å². The molecular formula is C23H24N4O2S. The van der Waals surface area contributed by atoms with Gasteiger partial charge in [0.05, 0.1) is 6.67 Å². The predicted molar refractivity (Wildman–Crippen MR) is 117 cm³/mol. The van der Waals surface area contributed by atoms with E-state index in [1.807, 2.05) is 39.6 Å². The summed E-state index contributed by atoms with van der Waals surface area (Å²) in [6, 6.07) is 16.3. The van der Waals surface area contributed by atoms with Crippen LogP contribution in [0.4, 0.5) is 0 Å². The number of ether oxygens (including phenoxy) is 2. The fraction of sp³-hybridized carbons (Fsp3) is 0.304. The molecule has 0 radical (unpaired) electrons. The first-order valence-corrected chi connectivity index (χ1v) is 10.6. The molecule has 154 valence electrons. The van der Waals surface area contributed by atoms with E-state index >= 15 is 0 Å². The number of nitrogens with zero attached hydrogens (tertiary/aromatic N) is 4. The quantitative estimate of drug-likeness (QED) is 0.459. The Morgan fingerprint density at radius 3 is 2.70 bits per heavy atom. The van der Waals surface area contributed by atoms with Crippen LogP contribution in [0.3, 0.4) is 0 Å². The standard InChI is InChI=1S/C23H24N4O2S/c1-2-12-26-22(21-15-28-19-9-5-6-10-20(19)29-21)24-27(23(26)30)16-25-13-11-17-7-3-4-8-18(17)14-25/h2-10,21H,1,11-16H2/t21-/m1/s1. The molecule has 0 aliphatic carbocycles. The summed E-state index contributed by atoms with van der Waals surface area (Å²) in [7, 11) is 0. The average molecular weight is 421 g/mol. The fourth-order valence-electron chi connectivity index (χ4n) is 4.10. The smallest absolute Gasteiger partial charge is 0.199 e. The van der Waals surface area contributed by atoms with Gasteiger partial charge in [0, 0.05) is 19.6 Å². The van der Waals surface area contributed by atoms with Crippen LogP contribution in [0.2, 0.25) is 0 Å². The summed E-state index contributed by atoms with van der Waals surface area (Å²) in [6.45, 7) is 7.40. The first kappa shape index (κ1) is 19.1. The second kappa shape index (κ2) is 8.08. The van der Waals surface area contributed by atoms with E-state index in [1.165, 1.54) is 11.1 Å². The highest BCUT2D eigenvalue weighted by atomic mass is 32.1. The molecule has 1 aromatic heterocycles. The maximum atomic E-state index is 6.19. The molecule has 6 nitrogen and oxygen atoms in total. The van der Waals surface area contributed by atoms with Crippen molar-refractivity contribution in [3.05, 3.63) is 82.9 Å². The zero-order valence-electron chi connectivity index (χ0n) is 16.7. The number of benzene rings is 2. The van der Waals surface area contributed by atoms with Gasteiger partial charge in [-0.3, -0.25) is 9.47 Å². The highest BCUT2D eigenvalue weighted by Gasteiger charge is 2.28. The first-order valence-electron chi connectivity index (χ1n) is 10.2. The van der Waals surface area contributed by atoms with Crippen LogP contribution in [-0.2, 0) is 26.2 Å². The van der Waals surface area contributed by atoms with E-state index in [2.05, 4.69) is 35.7 Å². The minimum atomic E-state index is -0.315. The van der Waals surface area contributed by atoms with Crippen molar-refractivity contribution >= 4 is 12.2 Å². The average Bonchev–Trinajstić information content (AvgIpc) is 3.09. The first-order chi connectivity index (χ1) is 14.7. The summed E-state index contributed by atoms with van der Waals surface area (Å²) in [6.07, 6.45) is 2.56. The zero-order valence-corrected chi connectivity index (χ0v) is 17.6. The lowest BCUT2D eigenvalue weighted by molar-refractivity contribution is 0.0816. The van der Waals surface area contributed by atoms with Crippen molar-refractivity contribution in [1.29, 1.82) is 0 Å². The van der Waals surface area contributed by atoms with Crippen LogP contribution in [-0.4, -0.2) is 32.4 Å². The predicted octanol–water partition coefficient (Wildman–Crippen LogP) is 4.13. The molecule has 5 rings (SSSR count). The molecule has 0 spiro atoms. The number of fused-ring (bicyclic) bond motifs is 2. The molecule has 30 heavy (non-hydrogen) atoms. The molecule has 0 amide bonds. The van der Waals surface area contributed by atoms with Crippen LogP contribution < -0.4 is 9.47 Å². The van der Waals surface area contributed by atoms with Gasteiger partial charge in [-0.2, -0.15) is 5.10 Å². The van der Waals surface area contributed by atoms with Crippen molar-refractivity contribution in [1.82, 2.24) is 19.2 Å². The minimum absolute atomic E-state index is 0.315. The molecule has 7 heteroatoms. The maximum Gasteiger partial charge on any atom is 0.199 e. The van der Waals surface area contributed by atoms with Gasteiger partial charge in [0.15, 0.2) is 28.2 Å². The second-order valence-corrected chi connectivity index (χ2v) is 7.98. The normalized spacial score (nSPS) is 18.1. The number of allylic oxidation sites excluding steroid dienone is 1. The molecule has 2 aromatic carbocycles. The lowest BCUT2D eigenvalue weighted by atomic mass is 10.0. The Morgan fingerprint density at radius 2 is 1.87 bits per heavy atom. The van der Waals surface area contributed by atoms with E-state index in [0.717, 1.165) is 36.8 Å². The van der Waals surface area contributed by atoms with Crippen molar-refractivity contribution in [2.45, 2.75) is 32.3 Å². The molecule has 3 aromatic rings. The van der Waals surface area contributed by atoms with Crippen molar-refractivity contribution < 1.29 is 9.47 Å². The van der Waals surface area contributed by atoms with Crippen molar-refractivity contribution in [2.24, 2.45) is 0 Å². The van der Waals surface area contributed by atoms with Gasteiger partial charge >= 0.3 is 0 Å². The van der Waals surface area contributed by atoms with Crippen molar-refractivity contribution in [3.63, 3.8) is 0 Å². The van der Waals surface area contributed by atoms with E-state index in [1.54, 1.807) is 0 Å².